The molecule has 3 rings (SSSR count). The van der Waals surface area contributed by atoms with E-state index in [9.17, 15) is 4.79 Å². The maximum absolute atomic E-state index is 12.3. The van der Waals surface area contributed by atoms with Gasteiger partial charge in [-0.2, -0.15) is 0 Å². The van der Waals surface area contributed by atoms with Gasteiger partial charge >= 0.3 is 0 Å². The molecule has 1 heterocycles. The van der Waals surface area contributed by atoms with Crippen LogP contribution in [0.25, 0.3) is 17.2 Å². The first-order valence-corrected chi connectivity index (χ1v) is 7.59. The van der Waals surface area contributed by atoms with Gasteiger partial charge < -0.3 is 9.32 Å². The Labute approximate surface area is 124 Å². The molecule has 1 saturated carbocycles. The van der Waals surface area contributed by atoms with Gasteiger partial charge in [0.25, 0.3) is 0 Å². The molecule has 1 aliphatic rings. The fourth-order valence-electron chi connectivity index (χ4n) is 2.38. The number of aromatic nitrogens is 1. The number of fused-ring (bicyclic) bond motifs is 1. The molecule has 21 heavy (non-hydrogen) atoms. The van der Waals surface area contributed by atoms with Gasteiger partial charge in [-0.15, -0.1) is 0 Å². The van der Waals surface area contributed by atoms with E-state index in [1.54, 1.807) is 12.2 Å². The Balaban J connectivity index is 1.69. The summed E-state index contributed by atoms with van der Waals surface area (Å²) < 4.78 is 5.58. The lowest BCUT2D eigenvalue weighted by atomic mass is 10.3. The minimum absolute atomic E-state index is 0.0472. The van der Waals surface area contributed by atoms with Crippen molar-refractivity contribution in [2.45, 2.75) is 26.2 Å². The van der Waals surface area contributed by atoms with Crippen molar-refractivity contribution in [3.8, 4) is 0 Å². The molecule has 4 nitrogen and oxygen atoms in total. The smallest absolute Gasteiger partial charge is 0.246 e. The number of oxazole rings is 1. The molecular formula is C17H20N2O2. The van der Waals surface area contributed by atoms with Crippen LogP contribution in [0.15, 0.2) is 34.8 Å². The Hall–Kier alpha value is -2.10. The fourth-order valence-corrected chi connectivity index (χ4v) is 2.38. The Bertz CT molecular complexity index is 623. The average Bonchev–Trinajstić information content (AvgIpc) is 3.21. The van der Waals surface area contributed by atoms with E-state index in [2.05, 4.69) is 11.9 Å². The van der Waals surface area contributed by atoms with Gasteiger partial charge in [-0.3, -0.25) is 4.79 Å². The van der Waals surface area contributed by atoms with Gasteiger partial charge in [0.2, 0.25) is 11.8 Å². The molecule has 1 aromatic heterocycles. The first kappa shape index (κ1) is 13.9. The van der Waals surface area contributed by atoms with E-state index in [0.29, 0.717) is 11.8 Å². The average molecular weight is 284 g/mol. The Kier molecular flexibility index (Phi) is 4.04. The van der Waals surface area contributed by atoms with Crippen molar-refractivity contribution in [1.82, 2.24) is 9.88 Å². The third kappa shape index (κ3) is 3.51. The number of hydrogen-bond acceptors (Lipinski definition) is 3. The SMILES string of the molecule is CCCN(CC1CC1)C(=O)C=Cc1nc2ccccc2o1. The molecule has 1 aromatic carbocycles. The molecule has 0 spiro atoms. The summed E-state index contributed by atoms with van der Waals surface area (Å²) in [5.74, 6) is 1.23. The first-order chi connectivity index (χ1) is 10.3. The van der Waals surface area contributed by atoms with E-state index in [1.165, 1.54) is 12.8 Å². The van der Waals surface area contributed by atoms with E-state index in [0.717, 1.165) is 30.6 Å². The summed E-state index contributed by atoms with van der Waals surface area (Å²) in [6, 6.07) is 7.60. The van der Waals surface area contributed by atoms with E-state index in [4.69, 9.17) is 4.42 Å². The highest BCUT2D eigenvalue weighted by Gasteiger charge is 2.25. The highest BCUT2D eigenvalue weighted by molar-refractivity contribution is 5.91. The van der Waals surface area contributed by atoms with Crippen LogP contribution in [-0.4, -0.2) is 28.9 Å². The second-order valence-electron chi connectivity index (χ2n) is 5.58. The van der Waals surface area contributed by atoms with Crippen LogP contribution >= 0.6 is 0 Å². The van der Waals surface area contributed by atoms with Crippen molar-refractivity contribution in [2.24, 2.45) is 5.92 Å². The van der Waals surface area contributed by atoms with Gasteiger partial charge in [-0.05, 0) is 37.3 Å². The van der Waals surface area contributed by atoms with Crippen molar-refractivity contribution < 1.29 is 9.21 Å². The molecule has 0 radical (unpaired) electrons. The van der Waals surface area contributed by atoms with E-state index in [-0.39, 0.29) is 5.91 Å². The molecule has 1 aliphatic carbocycles. The van der Waals surface area contributed by atoms with Crippen LogP contribution < -0.4 is 0 Å². The number of amides is 1. The topological polar surface area (TPSA) is 46.3 Å². The molecule has 1 fully saturated rings. The zero-order chi connectivity index (χ0) is 14.7. The molecule has 2 aromatic rings. The maximum atomic E-state index is 12.3. The minimum atomic E-state index is 0.0472. The fraction of sp³-hybridized carbons (Fsp3) is 0.412. The highest BCUT2D eigenvalue weighted by Crippen LogP contribution is 2.29. The van der Waals surface area contributed by atoms with Gasteiger partial charge in [0.15, 0.2) is 5.58 Å². The monoisotopic (exact) mass is 284 g/mol. The van der Waals surface area contributed by atoms with Crippen molar-refractivity contribution in [2.75, 3.05) is 13.1 Å². The highest BCUT2D eigenvalue weighted by atomic mass is 16.3. The third-order valence-electron chi connectivity index (χ3n) is 3.66. The standard InChI is InChI=1S/C17H20N2O2/c1-2-11-19(12-13-7-8-13)17(20)10-9-16-18-14-5-3-4-6-15(14)21-16/h3-6,9-10,13H,2,7-8,11-12H2,1H3. The van der Waals surface area contributed by atoms with Crippen LogP contribution in [0.1, 0.15) is 32.1 Å². The van der Waals surface area contributed by atoms with Crippen LogP contribution in [0.4, 0.5) is 0 Å². The lowest BCUT2D eigenvalue weighted by Gasteiger charge is -2.20. The largest absolute Gasteiger partial charge is 0.437 e. The molecule has 0 saturated heterocycles. The predicted molar refractivity (Wildman–Crippen MR) is 82.6 cm³/mol. The second-order valence-corrected chi connectivity index (χ2v) is 5.58. The maximum Gasteiger partial charge on any atom is 0.246 e. The number of rotatable bonds is 6. The number of nitrogens with zero attached hydrogens (tertiary/aromatic N) is 2. The Morgan fingerprint density at radius 1 is 1.43 bits per heavy atom. The van der Waals surface area contributed by atoms with Crippen molar-refractivity contribution in [3.63, 3.8) is 0 Å². The first-order valence-electron chi connectivity index (χ1n) is 7.59. The van der Waals surface area contributed by atoms with Crippen molar-refractivity contribution in [3.05, 3.63) is 36.2 Å². The van der Waals surface area contributed by atoms with Gasteiger partial charge in [-0.1, -0.05) is 19.1 Å². The number of para-hydroxylation sites is 2. The molecule has 0 bridgehead atoms. The summed E-state index contributed by atoms with van der Waals surface area (Å²) in [6.07, 6.45) is 6.72. The van der Waals surface area contributed by atoms with E-state index >= 15 is 0 Å². The molecule has 0 N–H and O–H groups in total. The molecule has 1 amide bonds. The minimum Gasteiger partial charge on any atom is -0.437 e. The molecule has 110 valence electrons. The van der Waals surface area contributed by atoms with Crippen molar-refractivity contribution in [1.29, 1.82) is 0 Å². The van der Waals surface area contributed by atoms with Gasteiger partial charge in [-0.25, -0.2) is 4.98 Å². The van der Waals surface area contributed by atoms with E-state index < -0.39 is 0 Å². The summed E-state index contributed by atoms with van der Waals surface area (Å²) in [5.41, 5.74) is 1.56. The lowest BCUT2D eigenvalue weighted by molar-refractivity contribution is -0.126. The number of benzene rings is 1. The zero-order valence-corrected chi connectivity index (χ0v) is 12.3. The van der Waals surface area contributed by atoms with Crippen LogP contribution in [0.2, 0.25) is 0 Å². The Morgan fingerprint density at radius 3 is 2.95 bits per heavy atom. The van der Waals surface area contributed by atoms with Crippen LogP contribution in [0.3, 0.4) is 0 Å². The lowest BCUT2D eigenvalue weighted by Crippen LogP contribution is -2.32. The number of carbonyl (C=O) groups excluding carboxylic acids is 1. The molecule has 0 atom stereocenters. The number of carbonyl (C=O) groups is 1. The van der Waals surface area contributed by atoms with Crippen LogP contribution in [-0.2, 0) is 4.79 Å². The van der Waals surface area contributed by atoms with Crippen LogP contribution in [0, 0.1) is 5.92 Å². The summed E-state index contributed by atoms with van der Waals surface area (Å²) in [6.45, 7) is 3.79. The Morgan fingerprint density at radius 2 is 2.24 bits per heavy atom. The molecule has 0 aliphatic heterocycles. The van der Waals surface area contributed by atoms with Gasteiger partial charge in [0, 0.05) is 25.2 Å². The summed E-state index contributed by atoms with van der Waals surface area (Å²) in [4.78, 5) is 18.5. The quantitative estimate of drug-likeness (QED) is 0.763. The number of hydrogen-bond donors (Lipinski definition) is 0. The van der Waals surface area contributed by atoms with Gasteiger partial charge in [0.1, 0.15) is 5.52 Å². The molecule has 4 heteroatoms. The van der Waals surface area contributed by atoms with Crippen LogP contribution in [0.5, 0.6) is 0 Å². The van der Waals surface area contributed by atoms with Gasteiger partial charge in [0.05, 0.1) is 0 Å². The predicted octanol–water partition coefficient (Wildman–Crippen LogP) is 3.49. The summed E-state index contributed by atoms with van der Waals surface area (Å²) >= 11 is 0. The zero-order valence-electron chi connectivity index (χ0n) is 12.3. The second kappa shape index (κ2) is 6.12. The molecule has 0 unspecified atom stereocenters. The normalized spacial score (nSPS) is 14.9. The summed E-state index contributed by atoms with van der Waals surface area (Å²) in [5, 5.41) is 0. The third-order valence-corrected chi connectivity index (χ3v) is 3.66. The summed E-state index contributed by atoms with van der Waals surface area (Å²) in [7, 11) is 0. The van der Waals surface area contributed by atoms with Crippen molar-refractivity contribution >= 4 is 23.1 Å². The van der Waals surface area contributed by atoms with E-state index in [1.807, 2.05) is 29.2 Å². The molecular weight excluding hydrogens is 264 g/mol.